The number of allylic oxidation sites excluding steroid dienone is 21. The molecule has 9 heteroatoms. The van der Waals surface area contributed by atoms with Gasteiger partial charge in [-0.2, -0.15) is 0 Å². The Morgan fingerprint density at radius 3 is 1.27 bits per heavy atom. The van der Waals surface area contributed by atoms with Crippen molar-refractivity contribution < 1.29 is 32.9 Å². The summed E-state index contributed by atoms with van der Waals surface area (Å²) in [5.41, 5.74) is 0. The number of phosphoric acid groups is 1. The molecule has 0 radical (unpaired) electrons. The van der Waals surface area contributed by atoms with Crippen molar-refractivity contribution in [3.8, 4) is 0 Å². The van der Waals surface area contributed by atoms with Gasteiger partial charge in [0.15, 0.2) is 0 Å². The predicted octanol–water partition coefficient (Wildman–Crippen LogP) is 17.3. The zero-order valence-corrected chi connectivity index (χ0v) is 48.2. The van der Waals surface area contributed by atoms with Crippen LogP contribution in [0.25, 0.3) is 0 Å². The first-order valence-electron chi connectivity index (χ1n) is 29.0. The van der Waals surface area contributed by atoms with Crippen LogP contribution in [0.2, 0.25) is 0 Å². The fraction of sp³-hybridized carbons (Fsp3) is 0.641. The van der Waals surface area contributed by atoms with E-state index in [9.17, 15) is 19.4 Å². The van der Waals surface area contributed by atoms with Crippen molar-refractivity contribution in [2.24, 2.45) is 0 Å². The van der Waals surface area contributed by atoms with Crippen LogP contribution in [-0.2, 0) is 18.4 Å². The highest BCUT2D eigenvalue weighted by Crippen LogP contribution is 2.38. The minimum Gasteiger partial charge on any atom is -0.756 e. The van der Waals surface area contributed by atoms with Crippen LogP contribution in [0.1, 0.15) is 213 Å². The van der Waals surface area contributed by atoms with Crippen molar-refractivity contribution in [2.75, 3.05) is 40.9 Å². The number of phosphoric ester groups is 1. The molecule has 0 aromatic rings. The van der Waals surface area contributed by atoms with E-state index in [-0.39, 0.29) is 12.5 Å². The van der Waals surface area contributed by atoms with E-state index in [1.165, 1.54) is 83.5 Å². The van der Waals surface area contributed by atoms with Crippen LogP contribution < -0.4 is 10.2 Å². The van der Waals surface area contributed by atoms with E-state index in [1.807, 2.05) is 27.2 Å². The third-order valence-electron chi connectivity index (χ3n) is 12.1. The molecular formula is C64H109N2O6P. The molecule has 0 aliphatic heterocycles. The van der Waals surface area contributed by atoms with E-state index in [1.54, 1.807) is 6.08 Å². The van der Waals surface area contributed by atoms with Gasteiger partial charge in [0.05, 0.1) is 39.9 Å². The van der Waals surface area contributed by atoms with Crippen LogP contribution in [0.3, 0.4) is 0 Å². The van der Waals surface area contributed by atoms with Gasteiger partial charge in [-0.15, -0.1) is 0 Å². The van der Waals surface area contributed by atoms with Gasteiger partial charge in [-0.05, 0) is 109 Å². The number of hydrogen-bond acceptors (Lipinski definition) is 6. The maximum Gasteiger partial charge on any atom is 0.268 e. The summed E-state index contributed by atoms with van der Waals surface area (Å²) in [5, 5.41) is 13.8. The minimum atomic E-state index is -4.63. The zero-order valence-electron chi connectivity index (χ0n) is 47.3. The lowest BCUT2D eigenvalue weighted by atomic mass is 10.0. The fourth-order valence-corrected chi connectivity index (χ4v) is 8.28. The minimum absolute atomic E-state index is 0.0222. The molecule has 0 aromatic heterocycles. The average molecular weight is 1030 g/mol. The molecule has 0 aromatic carbocycles. The second-order valence-electron chi connectivity index (χ2n) is 20.2. The number of nitrogens with zero attached hydrogens (tertiary/aromatic N) is 1. The molecule has 0 saturated heterocycles. The lowest BCUT2D eigenvalue weighted by molar-refractivity contribution is -0.870. The van der Waals surface area contributed by atoms with Gasteiger partial charge in [0.1, 0.15) is 13.2 Å². The van der Waals surface area contributed by atoms with Crippen molar-refractivity contribution >= 4 is 13.7 Å². The molecule has 0 aliphatic rings. The van der Waals surface area contributed by atoms with Gasteiger partial charge in [-0.3, -0.25) is 9.36 Å². The maximum absolute atomic E-state index is 13.0. The molecular weight excluding hydrogens is 924 g/mol. The number of unbranched alkanes of at least 4 members (excludes halogenated alkanes) is 18. The summed E-state index contributed by atoms with van der Waals surface area (Å²) >= 11 is 0. The Hall–Kier alpha value is -3.36. The van der Waals surface area contributed by atoms with Gasteiger partial charge >= 0.3 is 0 Å². The lowest BCUT2D eigenvalue weighted by Gasteiger charge is -2.29. The van der Waals surface area contributed by atoms with E-state index < -0.39 is 26.6 Å². The SMILES string of the molecule is CC/C=C\C/C=C\C/C=C\C/C=C\C/C=C\C/C=C\C/C=C\C/C=C\CCCCCCC(=O)NC(COP(=O)([O-])OCC[N+](C)(C)C)C(O)/C=C/CC/C=C/CC/C=C/CCCCCCCCCCCCCC. The van der Waals surface area contributed by atoms with Crippen molar-refractivity contribution in [1.82, 2.24) is 5.32 Å². The molecule has 0 heterocycles. The Labute approximate surface area is 449 Å². The second kappa shape index (κ2) is 53.5. The van der Waals surface area contributed by atoms with Crippen LogP contribution in [-0.4, -0.2) is 68.5 Å². The zero-order chi connectivity index (χ0) is 53.5. The van der Waals surface area contributed by atoms with Gasteiger partial charge in [-0.1, -0.05) is 231 Å². The van der Waals surface area contributed by atoms with E-state index in [4.69, 9.17) is 9.05 Å². The number of quaternary nitrogens is 1. The summed E-state index contributed by atoms with van der Waals surface area (Å²) in [6, 6.07) is -0.935. The number of nitrogens with one attached hydrogen (secondary N) is 1. The molecule has 73 heavy (non-hydrogen) atoms. The number of likely N-dealkylation sites (N-methyl/N-ethyl adjacent to an activating group) is 1. The van der Waals surface area contributed by atoms with E-state index >= 15 is 0 Å². The summed E-state index contributed by atoms with van der Waals surface area (Å²) in [5.74, 6) is -0.241. The molecule has 0 fully saturated rings. The standard InChI is InChI=1S/C64H109N2O6P/c1-6-8-10-12-14-16-18-20-22-24-26-28-30-31-32-33-34-35-36-38-40-42-44-46-48-50-52-54-56-58-64(68)65-62(61-72-73(69,70)71-60-59-66(3,4)5)63(67)57-55-53-51-49-47-45-43-41-39-37-29-27-25-23-21-19-17-15-13-11-9-7-2/h8,10,14,16,20,22,26,28,31-32,34-35,38-41,44,46-47,49,55,57,62-63,67H,6-7,9,11-13,15,17-19,21,23-25,27,29-30,33,36-37,42-43,45,48,50-54,56,58-61H2,1-5H3,(H-,65,68,69,70)/b10-8-,16-14-,22-20-,28-26-,32-31-,35-34-,40-38-,41-39+,46-44-,49-47+,57-55+. The first-order valence-corrected chi connectivity index (χ1v) is 30.5. The quantitative estimate of drug-likeness (QED) is 0.0272. The third kappa shape index (κ3) is 56.2. The highest BCUT2D eigenvalue weighted by molar-refractivity contribution is 7.45. The number of hydrogen-bond donors (Lipinski definition) is 2. The van der Waals surface area contributed by atoms with Gasteiger partial charge in [0.2, 0.25) is 5.91 Å². The number of amides is 1. The number of carbonyl (C=O) groups excluding carboxylic acids is 1. The number of rotatable bonds is 51. The Morgan fingerprint density at radius 1 is 0.493 bits per heavy atom. The summed E-state index contributed by atoms with van der Waals surface area (Å²) in [4.78, 5) is 25.5. The van der Waals surface area contributed by atoms with Gasteiger partial charge in [0.25, 0.3) is 7.82 Å². The first-order chi connectivity index (χ1) is 35.5. The number of aliphatic hydroxyl groups is 1. The summed E-state index contributed by atoms with van der Waals surface area (Å²) in [6.45, 7) is 4.47. The van der Waals surface area contributed by atoms with Crippen LogP contribution >= 0.6 is 7.82 Å². The highest BCUT2D eigenvalue weighted by Gasteiger charge is 2.23. The first kappa shape index (κ1) is 69.6. The summed E-state index contributed by atoms with van der Waals surface area (Å²) < 4.78 is 23.3. The molecule has 8 nitrogen and oxygen atoms in total. The van der Waals surface area contributed by atoms with Gasteiger partial charge in [-0.25, -0.2) is 0 Å². The van der Waals surface area contributed by atoms with Crippen molar-refractivity contribution in [3.05, 3.63) is 134 Å². The largest absolute Gasteiger partial charge is 0.756 e. The second-order valence-corrected chi connectivity index (χ2v) is 21.7. The number of aliphatic hydroxyl groups excluding tert-OH is 1. The van der Waals surface area contributed by atoms with Crippen LogP contribution in [0, 0.1) is 0 Å². The fourth-order valence-electron chi connectivity index (χ4n) is 7.55. The van der Waals surface area contributed by atoms with E-state index in [2.05, 4.69) is 141 Å². The third-order valence-corrected chi connectivity index (χ3v) is 13.0. The van der Waals surface area contributed by atoms with Gasteiger partial charge < -0.3 is 28.8 Å². The Morgan fingerprint density at radius 2 is 0.849 bits per heavy atom. The van der Waals surface area contributed by atoms with Crippen LogP contribution in [0.4, 0.5) is 0 Å². The molecule has 0 aliphatic carbocycles. The Kier molecular flexibility index (Phi) is 51.0. The monoisotopic (exact) mass is 1030 g/mol. The molecule has 0 saturated carbocycles. The molecule has 0 spiro atoms. The van der Waals surface area contributed by atoms with E-state index in [0.29, 0.717) is 23.9 Å². The molecule has 3 atom stereocenters. The van der Waals surface area contributed by atoms with E-state index in [0.717, 1.165) is 103 Å². The number of carbonyl (C=O) groups is 1. The maximum atomic E-state index is 13.0. The van der Waals surface area contributed by atoms with Crippen molar-refractivity contribution in [3.63, 3.8) is 0 Å². The van der Waals surface area contributed by atoms with Gasteiger partial charge in [0, 0.05) is 6.42 Å². The smallest absolute Gasteiger partial charge is 0.268 e. The van der Waals surface area contributed by atoms with Crippen molar-refractivity contribution in [1.29, 1.82) is 0 Å². The molecule has 0 rings (SSSR count). The highest BCUT2D eigenvalue weighted by atomic mass is 31.2. The predicted molar refractivity (Wildman–Crippen MR) is 315 cm³/mol. The lowest BCUT2D eigenvalue weighted by Crippen LogP contribution is -2.45. The summed E-state index contributed by atoms with van der Waals surface area (Å²) in [6.07, 6.45) is 81.0. The Balaban J connectivity index is 4.40. The normalized spacial score (nSPS) is 14.9. The molecule has 3 unspecified atom stereocenters. The van der Waals surface area contributed by atoms with Crippen LogP contribution in [0.5, 0.6) is 0 Å². The average Bonchev–Trinajstić information content (AvgIpc) is 3.35. The molecule has 416 valence electrons. The molecule has 1 amide bonds. The summed E-state index contributed by atoms with van der Waals surface area (Å²) in [7, 11) is 1.20. The molecule has 0 bridgehead atoms. The topological polar surface area (TPSA) is 108 Å². The van der Waals surface area contributed by atoms with Crippen LogP contribution in [0.15, 0.2) is 134 Å². The molecule has 2 N–H and O–H groups in total. The van der Waals surface area contributed by atoms with Crippen molar-refractivity contribution in [2.45, 2.75) is 225 Å². The Bertz CT molecular complexity index is 1640.